The molecule has 0 amide bonds. The van der Waals surface area contributed by atoms with E-state index >= 15 is 0 Å². The molecule has 0 saturated heterocycles. The summed E-state index contributed by atoms with van der Waals surface area (Å²) in [5.74, 6) is -1.56. The molecular formula is C9H14N4O4. The first kappa shape index (κ1) is 12.9. The highest BCUT2D eigenvalue weighted by atomic mass is 16.6. The van der Waals surface area contributed by atoms with E-state index in [-0.39, 0.29) is 11.5 Å². The van der Waals surface area contributed by atoms with Crippen LogP contribution in [0.2, 0.25) is 0 Å². The van der Waals surface area contributed by atoms with Crippen LogP contribution in [-0.4, -0.2) is 31.8 Å². The molecule has 1 rings (SSSR count). The van der Waals surface area contributed by atoms with Gasteiger partial charge in [-0.1, -0.05) is 0 Å². The van der Waals surface area contributed by atoms with Crippen molar-refractivity contribution in [3.05, 3.63) is 16.3 Å². The maximum atomic E-state index is 10.8. The van der Waals surface area contributed by atoms with Crippen LogP contribution in [-0.2, 0) is 11.8 Å². The maximum absolute atomic E-state index is 10.8. The van der Waals surface area contributed by atoms with Crippen LogP contribution in [0.4, 0.5) is 11.5 Å². The number of nitrogens with one attached hydrogen (secondary N) is 1. The molecule has 2 N–H and O–H groups in total. The van der Waals surface area contributed by atoms with Crippen molar-refractivity contribution in [2.75, 3.05) is 5.32 Å². The average molecular weight is 242 g/mol. The van der Waals surface area contributed by atoms with Crippen molar-refractivity contribution in [1.29, 1.82) is 0 Å². The van der Waals surface area contributed by atoms with Gasteiger partial charge in [0, 0.05) is 13.1 Å². The first-order valence-electron chi connectivity index (χ1n) is 5.00. The van der Waals surface area contributed by atoms with Gasteiger partial charge in [0.05, 0.1) is 10.8 Å². The second kappa shape index (κ2) is 4.81. The molecule has 0 aliphatic rings. The van der Waals surface area contributed by atoms with Crippen LogP contribution in [0, 0.1) is 16.0 Å². The monoisotopic (exact) mass is 242 g/mol. The third-order valence-corrected chi connectivity index (χ3v) is 2.51. The van der Waals surface area contributed by atoms with E-state index in [1.165, 1.54) is 17.8 Å². The number of aliphatic carboxylic acids is 1. The predicted octanol–water partition coefficient (Wildman–Crippen LogP) is 0.849. The summed E-state index contributed by atoms with van der Waals surface area (Å²) in [7, 11) is 1.56. The lowest BCUT2D eigenvalue weighted by Crippen LogP contribution is -2.30. The Labute approximate surface area is 97.4 Å². The van der Waals surface area contributed by atoms with Crippen LogP contribution >= 0.6 is 0 Å². The highest BCUT2D eigenvalue weighted by Gasteiger charge is 2.24. The Morgan fingerprint density at radius 1 is 1.65 bits per heavy atom. The summed E-state index contributed by atoms with van der Waals surface area (Å²) in [6.45, 7) is 3.16. The highest BCUT2D eigenvalue weighted by molar-refractivity contribution is 5.71. The Hall–Kier alpha value is -2.12. The van der Waals surface area contributed by atoms with Crippen molar-refractivity contribution in [3.8, 4) is 0 Å². The Morgan fingerprint density at radius 2 is 2.24 bits per heavy atom. The van der Waals surface area contributed by atoms with Crippen molar-refractivity contribution < 1.29 is 14.8 Å². The van der Waals surface area contributed by atoms with Crippen molar-refractivity contribution in [2.24, 2.45) is 13.0 Å². The fourth-order valence-electron chi connectivity index (χ4n) is 1.27. The molecule has 0 bridgehead atoms. The lowest BCUT2D eigenvalue weighted by atomic mass is 10.0. The van der Waals surface area contributed by atoms with Crippen LogP contribution < -0.4 is 5.32 Å². The van der Waals surface area contributed by atoms with Crippen molar-refractivity contribution in [2.45, 2.75) is 19.9 Å². The van der Waals surface area contributed by atoms with E-state index in [1.807, 2.05) is 0 Å². The van der Waals surface area contributed by atoms with E-state index in [0.29, 0.717) is 0 Å². The number of hydrogen-bond acceptors (Lipinski definition) is 5. The van der Waals surface area contributed by atoms with Crippen molar-refractivity contribution in [1.82, 2.24) is 9.78 Å². The average Bonchev–Trinajstić information content (AvgIpc) is 2.58. The largest absolute Gasteiger partial charge is 0.481 e. The lowest BCUT2D eigenvalue weighted by Gasteiger charge is -2.16. The number of nitrogens with zero attached hydrogens (tertiary/aromatic N) is 3. The highest BCUT2D eigenvalue weighted by Crippen LogP contribution is 2.23. The fourth-order valence-corrected chi connectivity index (χ4v) is 1.27. The molecule has 0 saturated carbocycles. The van der Waals surface area contributed by atoms with E-state index in [9.17, 15) is 14.9 Å². The summed E-state index contributed by atoms with van der Waals surface area (Å²) in [6, 6.07) is -0.457. The summed E-state index contributed by atoms with van der Waals surface area (Å²) in [5.41, 5.74) is -0.170. The van der Waals surface area contributed by atoms with E-state index in [2.05, 4.69) is 10.4 Å². The first-order valence-corrected chi connectivity index (χ1v) is 5.00. The zero-order valence-electron chi connectivity index (χ0n) is 9.75. The van der Waals surface area contributed by atoms with Crippen molar-refractivity contribution >= 4 is 17.5 Å². The second-order valence-electron chi connectivity index (χ2n) is 3.85. The SMILES string of the molecule is CC(Nc1nn(C)cc1[N+](=O)[O-])C(C)C(=O)O. The zero-order valence-corrected chi connectivity index (χ0v) is 9.75. The van der Waals surface area contributed by atoms with Gasteiger partial charge in [0.15, 0.2) is 0 Å². The number of aromatic nitrogens is 2. The van der Waals surface area contributed by atoms with E-state index in [0.717, 1.165) is 0 Å². The van der Waals surface area contributed by atoms with E-state index in [4.69, 9.17) is 5.11 Å². The molecule has 94 valence electrons. The summed E-state index contributed by atoms with van der Waals surface area (Å²) in [6.07, 6.45) is 1.26. The minimum atomic E-state index is -0.969. The topological polar surface area (TPSA) is 110 Å². The molecular weight excluding hydrogens is 228 g/mol. The molecule has 17 heavy (non-hydrogen) atoms. The molecule has 0 fully saturated rings. The number of anilines is 1. The van der Waals surface area contributed by atoms with Crippen LogP contribution in [0.5, 0.6) is 0 Å². The number of nitro groups is 1. The van der Waals surface area contributed by atoms with Crippen molar-refractivity contribution in [3.63, 3.8) is 0 Å². The Bertz CT molecular complexity index is 442. The first-order chi connectivity index (χ1) is 7.82. The quantitative estimate of drug-likeness (QED) is 0.585. The van der Waals surface area contributed by atoms with Gasteiger partial charge in [-0.2, -0.15) is 0 Å². The lowest BCUT2D eigenvalue weighted by molar-refractivity contribution is -0.384. The van der Waals surface area contributed by atoms with Crippen LogP contribution in [0.3, 0.4) is 0 Å². The standard InChI is InChI=1S/C9H14N4O4/c1-5(9(14)15)6(2)10-8-7(13(16)17)4-12(3)11-8/h4-6H,1-3H3,(H,10,11)(H,14,15). The molecule has 0 radical (unpaired) electrons. The molecule has 2 unspecified atom stereocenters. The van der Waals surface area contributed by atoms with Gasteiger partial charge in [-0.15, -0.1) is 5.10 Å². The third-order valence-electron chi connectivity index (χ3n) is 2.51. The third kappa shape index (κ3) is 2.92. The fraction of sp³-hybridized carbons (Fsp3) is 0.556. The smallest absolute Gasteiger partial charge is 0.330 e. The summed E-state index contributed by atoms with van der Waals surface area (Å²) in [4.78, 5) is 20.9. The second-order valence-corrected chi connectivity index (χ2v) is 3.85. The minimum Gasteiger partial charge on any atom is -0.481 e. The van der Waals surface area contributed by atoms with E-state index < -0.39 is 22.9 Å². The van der Waals surface area contributed by atoms with Gasteiger partial charge < -0.3 is 10.4 Å². The van der Waals surface area contributed by atoms with Gasteiger partial charge in [0.2, 0.25) is 5.82 Å². The van der Waals surface area contributed by atoms with E-state index in [1.54, 1.807) is 14.0 Å². The number of carboxylic acid groups (broad SMARTS) is 1. The maximum Gasteiger partial charge on any atom is 0.330 e. The summed E-state index contributed by atoms with van der Waals surface area (Å²) < 4.78 is 1.30. The zero-order chi connectivity index (χ0) is 13.2. The van der Waals surface area contributed by atoms with Gasteiger partial charge in [0.1, 0.15) is 6.20 Å². The van der Waals surface area contributed by atoms with Crippen LogP contribution in [0.1, 0.15) is 13.8 Å². The Morgan fingerprint density at radius 3 is 2.71 bits per heavy atom. The van der Waals surface area contributed by atoms with Gasteiger partial charge in [-0.3, -0.25) is 19.6 Å². The molecule has 0 aliphatic carbocycles. The molecule has 0 spiro atoms. The molecule has 0 aliphatic heterocycles. The van der Waals surface area contributed by atoms with Gasteiger partial charge in [-0.05, 0) is 13.8 Å². The number of rotatable bonds is 5. The molecule has 8 nitrogen and oxygen atoms in total. The molecule has 8 heteroatoms. The molecule has 2 atom stereocenters. The summed E-state index contributed by atoms with van der Waals surface area (Å²) >= 11 is 0. The van der Waals surface area contributed by atoms with Crippen LogP contribution in [0.25, 0.3) is 0 Å². The number of carboxylic acids is 1. The molecule has 1 heterocycles. The predicted molar refractivity (Wildman–Crippen MR) is 59.7 cm³/mol. The normalized spacial score (nSPS) is 14.1. The minimum absolute atomic E-state index is 0.0816. The summed E-state index contributed by atoms with van der Waals surface area (Å²) in [5, 5.41) is 26.2. The molecule has 1 aromatic heterocycles. The number of carbonyl (C=O) groups is 1. The van der Waals surface area contributed by atoms with Gasteiger partial charge in [0.25, 0.3) is 0 Å². The van der Waals surface area contributed by atoms with Gasteiger partial charge in [-0.25, -0.2) is 0 Å². The molecule has 0 aromatic carbocycles. The number of hydrogen-bond donors (Lipinski definition) is 2. The molecule has 1 aromatic rings. The van der Waals surface area contributed by atoms with Gasteiger partial charge >= 0.3 is 11.7 Å². The van der Waals surface area contributed by atoms with Crippen LogP contribution in [0.15, 0.2) is 6.20 Å². The Kier molecular flexibility index (Phi) is 3.66. The number of aryl methyl sites for hydroxylation is 1. The Balaban J connectivity index is 2.88.